The van der Waals surface area contributed by atoms with Gasteiger partial charge in [0.2, 0.25) is 0 Å². The average Bonchev–Trinajstić information content (AvgIpc) is 2.49. The summed E-state index contributed by atoms with van der Waals surface area (Å²) in [7, 11) is -4.30. The van der Waals surface area contributed by atoms with Gasteiger partial charge >= 0.3 is 5.97 Å². The first-order valence-electron chi connectivity index (χ1n) is 6.18. The Morgan fingerprint density at radius 1 is 1.22 bits per heavy atom. The van der Waals surface area contributed by atoms with E-state index in [1.54, 1.807) is 0 Å². The fourth-order valence-electron chi connectivity index (χ4n) is 1.79. The second-order valence-electron chi connectivity index (χ2n) is 4.49. The summed E-state index contributed by atoms with van der Waals surface area (Å²) in [5.74, 6) is -1.92. The Morgan fingerprint density at radius 2 is 1.87 bits per heavy atom. The van der Waals surface area contributed by atoms with Crippen LogP contribution >= 0.6 is 23.4 Å². The van der Waals surface area contributed by atoms with Crippen LogP contribution in [-0.4, -0.2) is 23.3 Å². The zero-order valence-corrected chi connectivity index (χ0v) is 13.7. The number of carboxylic acids is 1. The van der Waals surface area contributed by atoms with Crippen molar-refractivity contribution in [2.75, 3.05) is 0 Å². The molecule has 0 aliphatic carbocycles. The van der Waals surface area contributed by atoms with Gasteiger partial charge in [-0.2, -0.15) is 0 Å². The maximum Gasteiger partial charge on any atom is 0.335 e. The summed E-state index contributed by atoms with van der Waals surface area (Å²) in [6, 6.07) is 8.76. The third-order valence-corrected chi connectivity index (χ3v) is 5.62. The summed E-state index contributed by atoms with van der Waals surface area (Å²) in [5, 5.41) is 8.76. The van der Waals surface area contributed by atoms with E-state index in [0.717, 1.165) is 12.1 Å². The second-order valence-corrected chi connectivity index (χ2v) is 7.34. The van der Waals surface area contributed by atoms with Gasteiger partial charge in [-0.15, -0.1) is 3.82 Å². The summed E-state index contributed by atoms with van der Waals surface area (Å²) >= 11 is 11.6. The van der Waals surface area contributed by atoms with Gasteiger partial charge < -0.3 is 5.11 Å². The Labute approximate surface area is 142 Å². The number of benzene rings is 2. The van der Waals surface area contributed by atoms with E-state index >= 15 is 0 Å². The molecule has 0 bridgehead atoms. The van der Waals surface area contributed by atoms with E-state index in [1.807, 2.05) is 0 Å². The molecule has 0 amide bonds. The largest absolute Gasteiger partial charge is 0.478 e. The summed E-state index contributed by atoms with van der Waals surface area (Å²) in [5.41, 5.74) is -0.194. The molecule has 5 nitrogen and oxygen atoms in total. The van der Waals surface area contributed by atoms with E-state index in [0.29, 0.717) is 3.82 Å². The smallest absolute Gasteiger partial charge is 0.335 e. The molecule has 23 heavy (non-hydrogen) atoms. The number of nitrogens with zero attached hydrogens (tertiary/aromatic N) is 1. The van der Waals surface area contributed by atoms with Crippen LogP contribution in [0.25, 0.3) is 0 Å². The van der Waals surface area contributed by atoms with Gasteiger partial charge in [-0.05, 0) is 36.0 Å². The summed E-state index contributed by atoms with van der Waals surface area (Å²) in [4.78, 5) is 10.5. The number of hydrogen-bond donors (Lipinski definition) is 1. The van der Waals surface area contributed by atoms with Crippen molar-refractivity contribution < 1.29 is 22.7 Å². The maximum absolute atomic E-state index is 13.6. The summed E-state index contributed by atoms with van der Waals surface area (Å²) in [6.45, 7) is -0.440. The average molecular weight is 378 g/mol. The number of carbonyl (C=O) groups is 1. The van der Waals surface area contributed by atoms with Gasteiger partial charge in [0.05, 0.1) is 17.1 Å². The van der Waals surface area contributed by atoms with Crippen molar-refractivity contribution in [1.82, 2.24) is 3.82 Å². The van der Waals surface area contributed by atoms with Crippen LogP contribution in [0.1, 0.15) is 15.9 Å². The first-order chi connectivity index (χ1) is 10.7. The van der Waals surface area contributed by atoms with Crippen molar-refractivity contribution in [3.05, 3.63) is 64.4 Å². The van der Waals surface area contributed by atoms with Gasteiger partial charge in [0.25, 0.3) is 10.0 Å². The Balaban J connectivity index is 2.40. The van der Waals surface area contributed by atoms with E-state index < -0.39 is 33.3 Å². The molecule has 0 atom stereocenters. The Hall–Kier alpha value is -1.67. The Kier molecular flexibility index (Phi) is 5.26. The van der Waals surface area contributed by atoms with Crippen LogP contribution in [0, 0.1) is 5.82 Å². The maximum atomic E-state index is 13.6. The molecule has 0 radical (unpaired) electrons. The van der Waals surface area contributed by atoms with Crippen LogP contribution in [0.2, 0.25) is 5.02 Å². The molecule has 2 rings (SSSR count). The first kappa shape index (κ1) is 17.7. The monoisotopic (exact) mass is 377 g/mol. The van der Waals surface area contributed by atoms with Crippen molar-refractivity contribution in [3.63, 3.8) is 0 Å². The van der Waals surface area contributed by atoms with Crippen molar-refractivity contribution in [2.45, 2.75) is 11.4 Å². The number of carboxylic acid groups (broad SMARTS) is 1. The molecule has 0 saturated carbocycles. The van der Waals surface area contributed by atoms with E-state index in [-0.39, 0.29) is 16.1 Å². The minimum Gasteiger partial charge on any atom is -0.478 e. The van der Waals surface area contributed by atoms with Gasteiger partial charge in [-0.3, -0.25) is 0 Å². The third-order valence-electron chi connectivity index (χ3n) is 2.97. The molecule has 122 valence electrons. The molecule has 0 unspecified atom stereocenters. The van der Waals surface area contributed by atoms with Crippen molar-refractivity contribution in [1.29, 1.82) is 0 Å². The lowest BCUT2D eigenvalue weighted by molar-refractivity contribution is 0.0696. The van der Waals surface area contributed by atoms with Crippen LogP contribution in [-0.2, 0) is 16.6 Å². The molecule has 0 saturated heterocycles. The SMILES string of the molecule is O=C(O)c1ccc(Cl)c(S(=O)(=O)N(Cl)Cc2ccccc2F)c1. The molecule has 2 aromatic carbocycles. The van der Waals surface area contributed by atoms with Gasteiger partial charge in [-0.25, -0.2) is 17.6 Å². The highest BCUT2D eigenvalue weighted by atomic mass is 35.5. The Bertz CT molecular complexity index is 858. The third kappa shape index (κ3) is 3.81. The van der Waals surface area contributed by atoms with Crippen LogP contribution in [0.3, 0.4) is 0 Å². The molecule has 1 N–H and O–H groups in total. The number of hydrogen-bond acceptors (Lipinski definition) is 3. The topological polar surface area (TPSA) is 74.7 Å². The lowest BCUT2D eigenvalue weighted by Gasteiger charge is -2.16. The highest BCUT2D eigenvalue weighted by molar-refractivity contribution is 7.90. The number of sulfonamides is 1. The van der Waals surface area contributed by atoms with Crippen molar-refractivity contribution in [2.24, 2.45) is 0 Å². The molecule has 0 spiro atoms. The molecule has 0 aliphatic heterocycles. The fraction of sp³-hybridized carbons (Fsp3) is 0.0714. The van der Waals surface area contributed by atoms with Gasteiger partial charge in [0.15, 0.2) is 0 Å². The van der Waals surface area contributed by atoms with Gasteiger partial charge in [0, 0.05) is 5.56 Å². The fourth-order valence-corrected chi connectivity index (χ4v) is 3.66. The van der Waals surface area contributed by atoms with E-state index in [1.165, 1.54) is 30.3 Å². The Morgan fingerprint density at radius 3 is 2.48 bits per heavy atom. The lowest BCUT2D eigenvalue weighted by atomic mass is 10.2. The van der Waals surface area contributed by atoms with Crippen LogP contribution in [0.15, 0.2) is 47.4 Å². The zero-order chi connectivity index (χ0) is 17.2. The molecule has 0 aromatic heterocycles. The van der Waals surface area contributed by atoms with Gasteiger partial charge in [-0.1, -0.05) is 29.8 Å². The first-order valence-corrected chi connectivity index (χ1v) is 8.34. The normalized spacial score (nSPS) is 11.7. The molecule has 2 aromatic rings. The predicted molar refractivity (Wildman–Crippen MR) is 83.4 cm³/mol. The number of rotatable bonds is 5. The highest BCUT2D eigenvalue weighted by Crippen LogP contribution is 2.28. The summed E-state index contributed by atoms with van der Waals surface area (Å²) in [6.07, 6.45) is 0. The molecule has 0 aliphatic rings. The summed E-state index contributed by atoms with van der Waals surface area (Å²) < 4.78 is 38.9. The molecular formula is C14H10Cl2FNO4S. The predicted octanol–water partition coefficient (Wildman–Crippen LogP) is 3.52. The zero-order valence-electron chi connectivity index (χ0n) is 11.4. The van der Waals surface area contributed by atoms with E-state index in [4.69, 9.17) is 28.5 Å². The minimum atomic E-state index is -4.30. The van der Waals surface area contributed by atoms with E-state index in [2.05, 4.69) is 0 Å². The van der Waals surface area contributed by atoms with E-state index in [9.17, 15) is 17.6 Å². The van der Waals surface area contributed by atoms with Crippen molar-refractivity contribution in [3.8, 4) is 0 Å². The minimum absolute atomic E-state index is 0.0663. The molecule has 9 heteroatoms. The van der Waals surface area contributed by atoms with Crippen LogP contribution in [0.5, 0.6) is 0 Å². The second kappa shape index (κ2) is 6.84. The number of aromatic carboxylic acids is 1. The standard InChI is InChI=1S/C14H10Cl2FNO4S/c15-11-6-5-9(14(19)20)7-13(11)23(21,22)18(16)8-10-3-1-2-4-12(10)17/h1-7H,8H2,(H,19,20). The number of halogens is 3. The van der Waals surface area contributed by atoms with Gasteiger partial charge in [0.1, 0.15) is 10.7 Å². The molecule has 0 fully saturated rings. The van der Waals surface area contributed by atoms with Crippen LogP contribution in [0.4, 0.5) is 4.39 Å². The van der Waals surface area contributed by atoms with Crippen LogP contribution < -0.4 is 0 Å². The molecule has 0 heterocycles. The van der Waals surface area contributed by atoms with Crippen molar-refractivity contribution >= 4 is 39.4 Å². The quantitative estimate of drug-likeness (QED) is 0.808. The highest BCUT2D eigenvalue weighted by Gasteiger charge is 2.27. The lowest BCUT2D eigenvalue weighted by Crippen LogP contribution is -2.23. The molecular weight excluding hydrogens is 368 g/mol.